The minimum Gasteiger partial charge on any atom is -0.481 e. The Morgan fingerprint density at radius 3 is 2.68 bits per heavy atom. The Balaban J connectivity index is 2.26. The first-order valence-electron chi connectivity index (χ1n) is 6.58. The van der Waals surface area contributed by atoms with Crippen molar-refractivity contribution < 1.29 is 4.74 Å². The van der Waals surface area contributed by atoms with Gasteiger partial charge in [-0.3, -0.25) is 0 Å². The lowest BCUT2D eigenvalue weighted by Gasteiger charge is -2.14. The van der Waals surface area contributed by atoms with E-state index in [1.54, 1.807) is 7.11 Å². The van der Waals surface area contributed by atoms with E-state index < -0.39 is 0 Å². The lowest BCUT2D eigenvalue weighted by molar-refractivity contribution is 0.398. The van der Waals surface area contributed by atoms with Crippen molar-refractivity contribution in [3.8, 4) is 17.0 Å². The molecule has 0 spiro atoms. The Hall–Kier alpha value is -1.87. The molecule has 2 aromatic rings. The molecule has 2 rings (SSSR count). The lowest BCUT2D eigenvalue weighted by Crippen LogP contribution is -2.17. The number of ether oxygens (including phenoxy) is 1. The predicted octanol–water partition coefficient (Wildman–Crippen LogP) is 3.43. The van der Waals surface area contributed by atoms with E-state index in [2.05, 4.69) is 48.4 Å². The van der Waals surface area contributed by atoms with Gasteiger partial charge in [0, 0.05) is 23.9 Å². The van der Waals surface area contributed by atoms with E-state index in [1.165, 1.54) is 11.1 Å². The third-order valence-electron chi connectivity index (χ3n) is 3.18. The van der Waals surface area contributed by atoms with Gasteiger partial charge < -0.3 is 10.1 Å². The van der Waals surface area contributed by atoms with Gasteiger partial charge in [0.15, 0.2) is 0 Å². The number of rotatable bonds is 5. The van der Waals surface area contributed by atoms with Crippen molar-refractivity contribution in [3.63, 3.8) is 0 Å². The van der Waals surface area contributed by atoms with Crippen LogP contribution in [0.15, 0.2) is 42.6 Å². The molecular weight excluding hydrogens is 236 g/mol. The highest BCUT2D eigenvalue weighted by Crippen LogP contribution is 2.23. The summed E-state index contributed by atoms with van der Waals surface area (Å²) in [4.78, 5) is 4.25. The highest BCUT2D eigenvalue weighted by molar-refractivity contribution is 5.63. The molecule has 3 heteroatoms. The SMILES string of the molecule is CCNC(C)c1cccc(-c2ccc(OC)nc2)c1. The second-order valence-electron chi connectivity index (χ2n) is 4.49. The van der Waals surface area contributed by atoms with Gasteiger partial charge in [-0.1, -0.05) is 25.1 Å². The molecule has 0 aliphatic carbocycles. The van der Waals surface area contributed by atoms with Gasteiger partial charge in [0.1, 0.15) is 0 Å². The monoisotopic (exact) mass is 256 g/mol. The van der Waals surface area contributed by atoms with Crippen molar-refractivity contribution in [1.29, 1.82) is 0 Å². The third kappa shape index (κ3) is 3.32. The molecule has 1 aromatic carbocycles. The van der Waals surface area contributed by atoms with Crippen molar-refractivity contribution in [3.05, 3.63) is 48.2 Å². The first-order chi connectivity index (χ1) is 9.24. The van der Waals surface area contributed by atoms with E-state index in [0.717, 1.165) is 12.1 Å². The van der Waals surface area contributed by atoms with Gasteiger partial charge in [-0.25, -0.2) is 4.98 Å². The topological polar surface area (TPSA) is 34.1 Å². The summed E-state index contributed by atoms with van der Waals surface area (Å²) in [7, 11) is 1.63. The quantitative estimate of drug-likeness (QED) is 0.890. The van der Waals surface area contributed by atoms with Gasteiger partial charge in [0.05, 0.1) is 7.11 Å². The molecule has 0 amide bonds. The van der Waals surface area contributed by atoms with Gasteiger partial charge in [-0.2, -0.15) is 0 Å². The zero-order valence-electron chi connectivity index (χ0n) is 11.7. The fraction of sp³-hybridized carbons (Fsp3) is 0.312. The van der Waals surface area contributed by atoms with Crippen LogP contribution in [0.25, 0.3) is 11.1 Å². The summed E-state index contributed by atoms with van der Waals surface area (Å²) in [5.41, 5.74) is 3.57. The minimum absolute atomic E-state index is 0.358. The molecule has 0 bridgehead atoms. The molecule has 0 fully saturated rings. The zero-order valence-corrected chi connectivity index (χ0v) is 11.7. The van der Waals surface area contributed by atoms with Gasteiger partial charge in [0.2, 0.25) is 5.88 Å². The van der Waals surface area contributed by atoms with Crippen LogP contribution in [0.3, 0.4) is 0 Å². The molecule has 0 aliphatic rings. The van der Waals surface area contributed by atoms with Gasteiger partial charge >= 0.3 is 0 Å². The molecule has 0 saturated carbocycles. The van der Waals surface area contributed by atoms with Crippen molar-refractivity contribution in [2.45, 2.75) is 19.9 Å². The van der Waals surface area contributed by atoms with Crippen molar-refractivity contribution in [2.75, 3.05) is 13.7 Å². The van der Waals surface area contributed by atoms with E-state index >= 15 is 0 Å². The van der Waals surface area contributed by atoms with Gasteiger partial charge in [0.25, 0.3) is 0 Å². The largest absolute Gasteiger partial charge is 0.481 e. The molecule has 1 atom stereocenters. The molecule has 100 valence electrons. The molecule has 0 aliphatic heterocycles. The van der Waals surface area contributed by atoms with Crippen LogP contribution < -0.4 is 10.1 Å². The maximum atomic E-state index is 5.08. The van der Waals surface area contributed by atoms with E-state index in [4.69, 9.17) is 4.74 Å². The Bertz CT molecular complexity index is 523. The van der Waals surface area contributed by atoms with Crippen LogP contribution in [0.1, 0.15) is 25.5 Å². The molecule has 1 unspecified atom stereocenters. The average molecular weight is 256 g/mol. The van der Waals surface area contributed by atoms with Crippen molar-refractivity contribution in [1.82, 2.24) is 10.3 Å². The Labute approximate surface area is 114 Å². The first-order valence-corrected chi connectivity index (χ1v) is 6.58. The summed E-state index contributed by atoms with van der Waals surface area (Å²) < 4.78 is 5.08. The molecule has 1 heterocycles. The fourth-order valence-electron chi connectivity index (χ4n) is 2.08. The standard InChI is InChI=1S/C16H20N2O/c1-4-17-12(2)13-6-5-7-14(10-13)15-8-9-16(19-3)18-11-15/h5-12,17H,4H2,1-3H3. The maximum absolute atomic E-state index is 5.08. The summed E-state index contributed by atoms with van der Waals surface area (Å²) in [5, 5.41) is 3.42. The van der Waals surface area contributed by atoms with E-state index in [0.29, 0.717) is 11.9 Å². The third-order valence-corrected chi connectivity index (χ3v) is 3.18. The minimum atomic E-state index is 0.358. The van der Waals surface area contributed by atoms with Gasteiger partial charge in [-0.05, 0) is 36.7 Å². The highest BCUT2D eigenvalue weighted by atomic mass is 16.5. The Morgan fingerprint density at radius 1 is 1.21 bits per heavy atom. The molecule has 0 saturated heterocycles. The molecule has 1 N–H and O–H groups in total. The van der Waals surface area contributed by atoms with Gasteiger partial charge in [-0.15, -0.1) is 0 Å². The smallest absolute Gasteiger partial charge is 0.212 e. The van der Waals surface area contributed by atoms with Crippen LogP contribution in [0, 0.1) is 0 Å². The highest BCUT2D eigenvalue weighted by Gasteiger charge is 2.05. The lowest BCUT2D eigenvalue weighted by atomic mass is 10.0. The average Bonchev–Trinajstić information content (AvgIpc) is 2.48. The van der Waals surface area contributed by atoms with Crippen molar-refractivity contribution >= 4 is 0 Å². The summed E-state index contributed by atoms with van der Waals surface area (Å²) in [5.74, 6) is 0.640. The van der Waals surface area contributed by atoms with Crippen molar-refractivity contribution in [2.24, 2.45) is 0 Å². The van der Waals surface area contributed by atoms with Crippen LogP contribution in [0.5, 0.6) is 5.88 Å². The van der Waals surface area contributed by atoms with Crippen LogP contribution in [0.2, 0.25) is 0 Å². The first kappa shape index (κ1) is 13.6. The van der Waals surface area contributed by atoms with Crippen LogP contribution >= 0.6 is 0 Å². The molecule has 1 aromatic heterocycles. The fourth-order valence-corrected chi connectivity index (χ4v) is 2.08. The summed E-state index contributed by atoms with van der Waals surface area (Å²) in [6, 6.07) is 12.8. The molecule has 19 heavy (non-hydrogen) atoms. The summed E-state index contributed by atoms with van der Waals surface area (Å²) in [6.07, 6.45) is 1.84. The zero-order chi connectivity index (χ0) is 13.7. The number of nitrogens with one attached hydrogen (secondary N) is 1. The molecule has 0 radical (unpaired) electrons. The maximum Gasteiger partial charge on any atom is 0.212 e. The van der Waals surface area contributed by atoms with E-state index in [-0.39, 0.29) is 0 Å². The number of benzene rings is 1. The predicted molar refractivity (Wildman–Crippen MR) is 78.3 cm³/mol. The Morgan fingerprint density at radius 2 is 2.05 bits per heavy atom. The second-order valence-corrected chi connectivity index (χ2v) is 4.49. The summed E-state index contributed by atoms with van der Waals surface area (Å²) >= 11 is 0. The van der Waals surface area contributed by atoms with Crippen LogP contribution in [-0.4, -0.2) is 18.6 Å². The number of pyridine rings is 1. The normalized spacial score (nSPS) is 12.2. The Kier molecular flexibility index (Phi) is 4.53. The number of hydrogen-bond donors (Lipinski definition) is 1. The number of hydrogen-bond acceptors (Lipinski definition) is 3. The van der Waals surface area contributed by atoms with Crippen LogP contribution in [0.4, 0.5) is 0 Å². The number of methoxy groups -OCH3 is 1. The second kappa shape index (κ2) is 6.34. The summed E-state index contributed by atoms with van der Waals surface area (Å²) in [6.45, 7) is 5.26. The molecule has 3 nitrogen and oxygen atoms in total. The van der Waals surface area contributed by atoms with E-state index in [1.807, 2.05) is 18.3 Å². The van der Waals surface area contributed by atoms with E-state index in [9.17, 15) is 0 Å². The van der Waals surface area contributed by atoms with Crippen LogP contribution in [-0.2, 0) is 0 Å². The number of aromatic nitrogens is 1. The number of nitrogens with zero attached hydrogens (tertiary/aromatic N) is 1. The molecular formula is C16H20N2O.